The highest BCUT2D eigenvalue weighted by atomic mass is 16.5. The number of ether oxygens (including phenoxy) is 2. The van der Waals surface area contributed by atoms with E-state index >= 15 is 0 Å². The van der Waals surface area contributed by atoms with Crippen LogP contribution in [0.5, 0.6) is 0 Å². The van der Waals surface area contributed by atoms with Crippen molar-refractivity contribution in [1.29, 1.82) is 0 Å². The van der Waals surface area contributed by atoms with Gasteiger partial charge >= 0.3 is 11.9 Å². The minimum atomic E-state index is -0.445. The number of hydrogen-bond acceptors (Lipinski definition) is 4. The summed E-state index contributed by atoms with van der Waals surface area (Å²) in [6.07, 6.45) is 1.31. The molecule has 4 heteroatoms. The van der Waals surface area contributed by atoms with E-state index in [1.807, 2.05) is 6.92 Å². The van der Waals surface area contributed by atoms with Crippen LogP contribution in [0, 0.1) is 0 Å². The van der Waals surface area contributed by atoms with Gasteiger partial charge in [0.2, 0.25) is 0 Å². The number of esters is 2. The Kier molecular flexibility index (Phi) is 7.25. The van der Waals surface area contributed by atoms with E-state index in [-0.39, 0.29) is 0 Å². The van der Waals surface area contributed by atoms with E-state index in [1.165, 1.54) is 0 Å². The van der Waals surface area contributed by atoms with E-state index in [4.69, 9.17) is 9.47 Å². The number of carbonyl (C=O) groups is 2. The molecule has 0 rings (SSSR count). The van der Waals surface area contributed by atoms with Crippen LogP contribution < -0.4 is 0 Å². The van der Waals surface area contributed by atoms with Gasteiger partial charge in [-0.25, -0.2) is 9.59 Å². The predicted octanol–water partition coefficient (Wildman–Crippen LogP) is 2.23. The van der Waals surface area contributed by atoms with Crippen molar-refractivity contribution in [2.24, 2.45) is 0 Å². The molecule has 0 aromatic carbocycles. The van der Waals surface area contributed by atoms with Gasteiger partial charge in [-0.1, -0.05) is 13.3 Å². The van der Waals surface area contributed by atoms with Gasteiger partial charge in [-0.05, 0) is 27.2 Å². The zero-order valence-electron chi connectivity index (χ0n) is 10.5. The van der Waals surface area contributed by atoms with E-state index in [1.54, 1.807) is 20.8 Å². The molecule has 4 nitrogen and oxygen atoms in total. The molecule has 0 aliphatic rings. The summed E-state index contributed by atoms with van der Waals surface area (Å²) >= 11 is 0. The van der Waals surface area contributed by atoms with Gasteiger partial charge in [0.15, 0.2) is 0 Å². The zero-order chi connectivity index (χ0) is 12.6. The molecule has 0 spiro atoms. The van der Waals surface area contributed by atoms with Crippen molar-refractivity contribution < 1.29 is 19.1 Å². The fraction of sp³-hybridized carbons (Fsp3) is 0.667. The minimum absolute atomic E-state index is 0.304. The van der Waals surface area contributed by atoms with Crippen molar-refractivity contribution in [3.05, 3.63) is 11.1 Å². The normalized spacial score (nSPS) is 11.8. The first-order valence-corrected chi connectivity index (χ1v) is 5.62. The second-order valence-electron chi connectivity index (χ2n) is 3.29. The second-order valence-corrected chi connectivity index (χ2v) is 3.29. The Morgan fingerprint density at radius 2 is 1.44 bits per heavy atom. The summed E-state index contributed by atoms with van der Waals surface area (Å²) in [5.74, 6) is -0.867. The number of hydrogen-bond donors (Lipinski definition) is 0. The molecular formula is C12H20O4. The highest BCUT2D eigenvalue weighted by molar-refractivity contribution is 5.99. The Morgan fingerprint density at radius 1 is 0.938 bits per heavy atom. The molecule has 0 fully saturated rings. The van der Waals surface area contributed by atoms with Crippen molar-refractivity contribution in [2.75, 3.05) is 13.2 Å². The quantitative estimate of drug-likeness (QED) is 0.516. The fourth-order valence-corrected chi connectivity index (χ4v) is 1.27. The van der Waals surface area contributed by atoms with Crippen LogP contribution in [0.4, 0.5) is 0 Å². The highest BCUT2D eigenvalue weighted by Gasteiger charge is 2.18. The largest absolute Gasteiger partial charge is 0.463 e. The summed E-state index contributed by atoms with van der Waals surface area (Å²) in [5.41, 5.74) is 0.768. The van der Waals surface area contributed by atoms with Crippen molar-refractivity contribution in [3.63, 3.8) is 0 Å². The van der Waals surface area contributed by atoms with E-state index < -0.39 is 11.9 Å². The van der Waals surface area contributed by atoms with Crippen LogP contribution in [0.1, 0.15) is 40.5 Å². The van der Waals surface area contributed by atoms with E-state index in [0.717, 1.165) is 6.42 Å². The zero-order valence-corrected chi connectivity index (χ0v) is 10.5. The second kappa shape index (κ2) is 7.91. The molecule has 0 aromatic rings. The number of rotatable bonds is 6. The van der Waals surface area contributed by atoms with Crippen LogP contribution >= 0.6 is 0 Å². The third kappa shape index (κ3) is 4.47. The van der Waals surface area contributed by atoms with E-state index in [0.29, 0.717) is 30.8 Å². The molecule has 0 N–H and O–H groups in total. The fourth-order valence-electron chi connectivity index (χ4n) is 1.27. The van der Waals surface area contributed by atoms with Crippen LogP contribution in [0.25, 0.3) is 0 Å². The number of carbonyl (C=O) groups excluding carboxylic acids is 2. The lowest BCUT2D eigenvalue weighted by molar-refractivity contribution is -0.141. The highest BCUT2D eigenvalue weighted by Crippen LogP contribution is 2.14. The van der Waals surface area contributed by atoms with Gasteiger partial charge in [0.1, 0.15) is 0 Å². The molecular weight excluding hydrogens is 208 g/mol. The van der Waals surface area contributed by atoms with E-state index in [9.17, 15) is 9.59 Å². The van der Waals surface area contributed by atoms with Gasteiger partial charge < -0.3 is 9.47 Å². The van der Waals surface area contributed by atoms with Crippen molar-refractivity contribution in [2.45, 2.75) is 40.5 Å². The Labute approximate surface area is 96.6 Å². The summed E-state index contributed by atoms with van der Waals surface area (Å²) in [6, 6.07) is 0. The van der Waals surface area contributed by atoms with Gasteiger partial charge in [-0.3, -0.25) is 0 Å². The first-order chi connectivity index (χ1) is 7.58. The van der Waals surface area contributed by atoms with Crippen LogP contribution in [0.3, 0.4) is 0 Å². The third-order valence-corrected chi connectivity index (χ3v) is 2.06. The summed E-state index contributed by atoms with van der Waals surface area (Å²) in [5, 5.41) is 0. The molecule has 0 saturated carbocycles. The third-order valence-electron chi connectivity index (χ3n) is 2.06. The molecule has 0 radical (unpaired) electrons. The first kappa shape index (κ1) is 14.7. The van der Waals surface area contributed by atoms with E-state index in [2.05, 4.69) is 0 Å². The van der Waals surface area contributed by atoms with Crippen LogP contribution in [-0.4, -0.2) is 25.2 Å². The summed E-state index contributed by atoms with van der Waals surface area (Å²) < 4.78 is 9.76. The Bertz CT molecular complexity index is 279. The van der Waals surface area contributed by atoms with Gasteiger partial charge in [0, 0.05) is 11.1 Å². The molecule has 16 heavy (non-hydrogen) atoms. The molecule has 0 unspecified atom stereocenters. The maximum absolute atomic E-state index is 11.6. The van der Waals surface area contributed by atoms with Crippen LogP contribution in [0.2, 0.25) is 0 Å². The Hall–Kier alpha value is -1.32. The lowest BCUT2D eigenvalue weighted by Gasteiger charge is -2.09. The molecule has 0 aromatic heterocycles. The van der Waals surface area contributed by atoms with Crippen LogP contribution in [0.15, 0.2) is 11.1 Å². The topological polar surface area (TPSA) is 52.6 Å². The van der Waals surface area contributed by atoms with Crippen LogP contribution in [-0.2, 0) is 19.1 Å². The molecule has 0 bridgehead atoms. The van der Waals surface area contributed by atoms with Crippen molar-refractivity contribution in [1.82, 2.24) is 0 Å². The van der Waals surface area contributed by atoms with Crippen molar-refractivity contribution in [3.8, 4) is 0 Å². The maximum atomic E-state index is 11.6. The average molecular weight is 228 g/mol. The molecule has 0 amide bonds. The molecule has 0 saturated heterocycles. The SMILES string of the molecule is CCCC(C(=O)OCC)=C(C)C(=O)OCC. The van der Waals surface area contributed by atoms with Gasteiger partial charge in [0.05, 0.1) is 13.2 Å². The lowest BCUT2D eigenvalue weighted by atomic mass is 10.1. The summed E-state index contributed by atoms with van der Waals surface area (Å²) in [6.45, 7) is 7.62. The monoisotopic (exact) mass is 228 g/mol. The molecule has 0 atom stereocenters. The Morgan fingerprint density at radius 3 is 1.88 bits per heavy atom. The van der Waals surface area contributed by atoms with Gasteiger partial charge in [0.25, 0.3) is 0 Å². The standard InChI is InChI=1S/C12H20O4/c1-5-8-10(12(14)16-7-3)9(4)11(13)15-6-2/h5-8H2,1-4H3. The van der Waals surface area contributed by atoms with Gasteiger partial charge in [-0.2, -0.15) is 0 Å². The molecule has 0 aliphatic heterocycles. The molecule has 92 valence electrons. The Balaban J connectivity index is 4.90. The summed E-state index contributed by atoms with van der Waals surface area (Å²) in [4.78, 5) is 23.1. The van der Waals surface area contributed by atoms with Gasteiger partial charge in [-0.15, -0.1) is 0 Å². The maximum Gasteiger partial charge on any atom is 0.334 e. The smallest absolute Gasteiger partial charge is 0.334 e. The summed E-state index contributed by atoms with van der Waals surface area (Å²) in [7, 11) is 0. The van der Waals surface area contributed by atoms with Crippen molar-refractivity contribution >= 4 is 11.9 Å². The first-order valence-electron chi connectivity index (χ1n) is 5.62. The molecule has 0 aliphatic carbocycles. The average Bonchev–Trinajstić information content (AvgIpc) is 2.25. The lowest BCUT2D eigenvalue weighted by Crippen LogP contribution is -2.15. The predicted molar refractivity (Wildman–Crippen MR) is 60.9 cm³/mol. The molecule has 0 heterocycles. The minimum Gasteiger partial charge on any atom is -0.463 e.